The first-order chi connectivity index (χ1) is 6.20. The van der Waals surface area contributed by atoms with E-state index in [2.05, 4.69) is 4.74 Å². The second-order valence-corrected chi connectivity index (χ2v) is 3.73. The largest absolute Gasteiger partial charge is 0.392 e. The Balaban J connectivity index is 2.42. The molecule has 0 aromatic heterocycles. The molecule has 2 rings (SSSR count). The zero-order valence-electron chi connectivity index (χ0n) is 6.96. The Morgan fingerprint density at radius 1 is 1.54 bits per heavy atom. The molecule has 3 nitrogen and oxygen atoms in total. The molecule has 1 aliphatic carbocycles. The van der Waals surface area contributed by atoms with Crippen LogP contribution in [0.3, 0.4) is 0 Å². The smallest absolute Gasteiger partial charge is 0.322 e. The quantitative estimate of drug-likeness (QED) is 0.277. The second kappa shape index (κ2) is 2.84. The minimum absolute atomic E-state index is 0.159. The topological polar surface area (TPSA) is 43.4 Å². The molecule has 2 unspecified atom stereocenters. The fraction of sp³-hybridized carbons (Fsp3) is 0.556. The minimum Gasteiger partial charge on any atom is -0.392 e. The van der Waals surface area contributed by atoms with Crippen molar-refractivity contribution in [3.05, 3.63) is 12.2 Å². The molecule has 70 valence electrons. The highest BCUT2D eigenvalue weighted by Crippen LogP contribution is 2.45. The van der Waals surface area contributed by atoms with Crippen molar-refractivity contribution in [2.45, 2.75) is 12.8 Å². The van der Waals surface area contributed by atoms with Gasteiger partial charge in [-0.2, -0.15) is 0 Å². The predicted octanol–water partition coefficient (Wildman–Crippen LogP) is 1.26. The van der Waals surface area contributed by atoms with Gasteiger partial charge in [0.05, 0.1) is 11.3 Å². The van der Waals surface area contributed by atoms with E-state index in [4.69, 9.17) is 11.6 Å². The van der Waals surface area contributed by atoms with Crippen LogP contribution in [0.2, 0.25) is 0 Å². The highest BCUT2D eigenvalue weighted by atomic mass is 35.5. The summed E-state index contributed by atoms with van der Waals surface area (Å²) in [6.45, 7) is 0. The molecule has 0 N–H and O–H groups in total. The van der Waals surface area contributed by atoms with Crippen LogP contribution in [0, 0.1) is 11.3 Å². The first-order valence-electron chi connectivity index (χ1n) is 4.18. The number of allylic oxidation sites excluding steroid dienone is 2. The maximum atomic E-state index is 11.4. The van der Waals surface area contributed by atoms with E-state index in [9.17, 15) is 9.59 Å². The van der Waals surface area contributed by atoms with Gasteiger partial charge in [-0.25, -0.2) is 0 Å². The van der Waals surface area contributed by atoms with Crippen molar-refractivity contribution in [3.8, 4) is 0 Å². The molecule has 1 aliphatic heterocycles. The Bertz CT molecular complexity index is 297. The Morgan fingerprint density at radius 3 is 2.92 bits per heavy atom. The van der Waals surface area contributed by atoms with Gasteiger partial charge in [0.15, 0.2) is 0 Å². The summed E-state index contributed by atoms with van der Waals surface area (Å²) < 4.78 is 4.60. The van der Waals surface area contributed by atoms with Crippen LogP contribution >= 0.6 is 11.6 Å². The van der Waals surface area contributed by atoms with E-state index in [1.165, 1.54) is 0 Å². The number of esters is 2. The molecular weight excluding hydrogens is 192 g/mol. The SMILES string of the molecule is O=C1OC(=O)C2(CCl)CC=CCC12. The normalized spacial score (nSPS) is 37.5. The van der Waals surface area contributed by atoms with Gasteiger partial charge in [-0.15, -0.1) is 11.6 Å². The molecule has 0 bridgehead atoms. The standard InChI is InChI=1S/C9H9ClO3/c10-5-9-4-2-1-3-6(9)7(11)13-8(9)12/h1-2,6H,3-5H2. The number of fused-ring (bicyclic) bond motifs is 1. The van der Waals surface area contributed by atoms with Gasteiger partial charge in [0.2, 0.25) is 0 Å². The summed E-state index contributed by atoms with van der Waals surface area (Å²) in [6.07, 6.45) is 4.87. The molecule has 0 saturated carbocycles. The highest BCUT2D eigenvalue weighted by molar-refractivity contribution is 6.21. The van der Waals surface area contributed by atoms with Crippen molar-refractivity contribution in [2.24, 2.45) is 11.3 Å². The van der Waals surface area contributed by atoms with Crippen molar-refractivity contribution < 1.29 is 14.3 Å². The number of alkyl halides is 1. The average molecular weight is 201 g/mol. The van der Waals surface area contributed by atoms with Crippen LogP contribution in [0.4, 0.5) is 0 Å². The fourth-order valence-corrected chi connectivity index (χ4v) is 2.31. The van der Waals surface area contributed by atoms with Crippen LogP contribution in [0.25, 0.3) is 0 Å². The third kappa shape index (κ3) is 1.03. The molecule has 1 saturated heterocycles. The molecule has 2 aliphatic rings. The van der Waals surface area contributed by atoms with E-state index in [0.29, 0.717) is 12.8 Å². The van der Waals surface area contributed by atoms with E-state index in [1.807, 2.05) is 12.2 Å². The Labute approximate surface area is 80.7 Å². The van der Waals surface area contributed by atoms with Crippen LogP contribution in [0.15, 0.2) is 12.2 Å². The van der Waals surface area contributed by atoms with Gasteiger partial charge in [0, 0.05) is 5.88 Å². The van der Waals surface area contributed by atoms with Crippen molar-refractivity contribution in [1.29, 1.82) is 0 Å². The lowest BCUT2D eigenvalue weighted by atomic mass is 9.72. The number of hydrogen-bond donors (Lipinski definition) is 0. The molecule has 0 aromatic carbocycles. The van der Waals surface area contributed by atoms with Gasteiger partial charge in [-0.1, -0.05) is 12.2 Å². The summed E-state index contributed by atoms with van der Waals surface area (Å²) in [5.41, 5.74) is -0.770. The first-order valence-corrected chi connectivity index (χ1v) is 4.71. The number of hydrogen-bond acceptors (Lipinski definition) is 3. The summed E-state index contributed by atoms with van der Waals surface area (Å²) >= 11 is 5.75. The Kier molecular flexibility index (Phi) is 1.91. The molecule has 1 fully saturated rings. The fourth-order valence-electron chi connectivity index (χ4n) is 1.91. The van der Waals surface area contributed by atoms with Crippen LogP contribution in [0.1, 0.15) is 12.8 Å². The number of halogens is 1. The van der Waals surface area contributed by atoms with Crippen molar-refractivity contribution in [2.75, 3.05) is 5.88 Å². The molecule has 4 heteroatoms. The predicted molar refractivity (Wildman–Crippen MR) is 46.1 cm³/mol. The summed E-state index contributed by atoms with van der Waals surface area (Å²) in [7, 11) is 0. The lowest BCUT2D eigenvalue weighted by Crippen LogP contribution is -2.36. The molecule has 0 amide bonds. The lowest BCUT2D eigenvalue weighted by molar-refractivity contribution is -0.155. The first kappa shape index (κ1) is 8.75. The van der Waals surface area contributed by atoms with E-state index in [-0.39, 0.29) is 11.8 Å². The van der Waals surface area contributed by atoms with E-state index in [1.54, 1.807) is 0 Å². The molecule has 0 radical (unpaired) electrons. The maximum absolute atomic E-state index is 11.4. The summed E-state index contributed by atoms with van der Waals surface area (Å²) in [4.78, 5) is 22.7. The van der Waals surface area contributed by atoms with Gasteiger partial charge in [0.25, 0.3) is 0 Å². The van der Waals surface area contributed by atoms with Crippen LogP contribution in [-0.4, -0.2) is 17.8 Å². The number of carbonyl (C=O) groups excluding carboxylic acids is 2. The second-order valence-electron chi connectivity index (χ2n) is 3.46. The zero-order chi connectivity index (χ0) is 9.47. The molecule has 0 spiro atoms. The summed E-state index contributed by atoms with van der Waals surface area (Å²) in [5.74, 6) is -1.08. The Hall–Kier alpha value is -0.830. The molecular formula is C9H9ClO3. The van der Waals surface area contributed by atoms with Gasteiger partial charge >= 0.3 is 11.9 Å². The van der Waals surface area contributed by atoms with Gasteiger partial charge < -0.3 is 4.74 Å². The Morgan fingerprint density at radius 2 is 2.31 bits per heavy atom. The monoisotopic (exact) mass is 200 g/mol. The number of rotatable bonds is 1. The molecule has 0 aromatic rings. The van der Waals surface area contributed by atoms with E-state index < -0.39 is 17.4 Å². The van der Waals surface area contributed by atoms with Gasteiger partial charge in [-0.3, -0.25) is 9.59 Å². The summed E-state index contributed by atoms with van der Waals surface area (Å²) in [6, 6.07) is 0. The third-order valence-corrected chi connectivity index (χ3v) is 3.29. The van der Waals surface area contributed by atoms with Crippen molar-refractivity contribution in [1.82, 2.24) is 0 Å². The van der Waals surface area contributed by atoms with E-state index in [0.717, 1.165) is 0 Å². The zero-order valence-corrected chi connectivity index (χ0v) is 7.71. The maximum Gasteiger partial charge on any atom is 0.322 e. The lowest BCUT2D eigenvalue weighted by Gasteiger charge is -2.27. The number of cyclic esters (lactones) is 2. The highest BCUT2D eigenvalue weighted by Gasteiger charge is 2.56. The average Bonchev–Trinajstić information content (AvgIpc) is 2.41. The number of carbonyl (C=O) groups is 2. The third-order valence-electron chi connectivity index (χ3n) is 2.81. The number of ether oxygens (including phenoxy) is 1. The van der Waals surface area contributed by atoms with Crippen LogP contribution in [-0.2, 0) is 14.3 Å². The molecule has 2 atom stereocenters. The molecule has 1 heterocycles. The van der Waals surface area contributed by atoms with Gasteiger partial charge in [0.1, 0.15) is 0 Å². The summed E-state index contributed by atoms with van der Waals surface area (Å²) in [5, 5.41) is 0. The van der Waals surface area contributed by atoms with Crippen molar-refractivity contribution in [3.63, 3.8) is 0 Å². The van der Waals surface area contributed by atoms with Crippen LogP contribution in [0.5, 0.6) is 0 Å². The van der Waals surface area contributed by atoms with Crippen LogP contribution < -0.4 is 0 Å². The van der Waals surface area contributed by atoms with Crippen molar-refractivity contribution >= 4 is 23.5 Å². The minimum atomic E-state index is -0.770. The van der Waals surface area contributed by atoms with E-state index >= 15 is 0 Å². The van der Waals surface area contributed by atoms with Gasteiger partial charge in [-0.05, 0) is 12.8 Å². The molecule has 13 heavy (non-hydrogen) atoms.